The number of carbonyl (C=O) groups excluding carboxylic acids is 6. The van der Waals surface area contributed by atoms with E-state index >= 15 is 4.39 Å². The fourth-order valence-corrected chi connectivity index (χ4v) is 11.7. The van der Waals surface area contributed by atoms with Gasteiger partial charge in [-0.15, -0.1) is 0 Å². The Kier molecular flexibility index (Phi) is 29.2. The number of nitrogens with two attached hydrogens (primary N) is 1. The summed E-state index contributed by atoms with van der Waals surface area (Å²) in [5, 5.41) is 26.3. The zero-order valence-electron chi connectivity index (χ0n) is 56.2. The fraction of sp³-hybridized carbons (Fsp3) is 0.565. The van der Waals surface area contributed by atoms with Gasteiger partial charge in [0, 0.05) is 66.8 Å². The Morgan fingerprint density at radius 1 is 0.763 bits per heavy atom. The van der Waals surface area contributed by atoms with Crippen LogP contribution in [0.25, 0.3) is 22.3 Å². The number of hydrogen-bond donors (Lipinski definition) is 7. The van der Waals surface area contributed by atoms with E-state index in [-0.39, 0.29) is 88.2 Å². The van der Waals surface area contributed by atoms with Crippen molar-refractivity contribution < 1.29 is 85.6 Å². The molecule has 0 bridgehead atoms. The van der Waals surface area contributed by atoms with E-state index < -0.39 is 64.8 Å². The number of ether oxygens (including phenoxy) is 10. The van der Waals surface area contributed by atoms with Crippen molar-refractivity contribution in [3.05, 3.63) is 116 Å². The van der Waals surface area contributed by atoms with Crippen molar-refractivity contribution in [1.82, 2.24) is 35.4 Å². The zero-order valence-corrected chi connectivity index (χ0v) is 56.2. The second-order valence-corrected chi connectivity index (χ2v) is 24.2. The molecule has 1 aliphatic carbocycles. The van der Waals surface area contributed by atoms with Gasteiger partial charge in [-0.3, -0.25) is 24.0 Å². The van der Waals surface area contributed by atoms with Crippen molar-refractivity contribution in [3.63, 3.8) is 0 Å². The third-order valence-electron chi connectivity index (χ3n) is 16.9. The number of rotatable bonds is 44. The number of amides is 6. The van der Waals surface area contributed by atoms with Crippen LogP contribution in [-0.4, -0.2) is 192 Å². The highest BCUT2D eigenvalue weighted by molar-refractivity contribution is 5.99. The average molecular weight is 1360 g/mol. The van der Waals surface area contributed by atoms with E-state index in [1.165, 1.54) is 10.6 Å². The second kappa shape index (κ2) is 37.8. The van der Waals surface area contributed by atoms with Crippen LogP contribution < -0.4 is 37.9 Å². The average Bonchev–Trinajstić information content (AvgIpc) is 1.61. The first kappa shape index (κ1) is 75.0. The van der Waals surface area contributed by atoms with E-state index in [1.54, 1.807) is 64.4 Å². The first-order chi connectivity index (χ1) is 46.9. The predicted octanol–water partition coefficient (Wildman–Crippen LogP) is 4.76. The van der Waals surface area contributed by atoms with Gasteiger partial charge < -0.3 is 93.9 Å². The standard InChI is InChI=1S/C69H94FN9O18/c1-6-20-88-22-24-90-26-28-92-30-32-94-34-36-96-37-35-95-33-31-93-29-27-91-25-23-89-21-17-58(80)77-61(44(3)4)65(83)76-55(9-8-18-72-68(71)86)64(82)73-48-12-10-46(11-13-48)40-78-19-16-47(41-78)63(81)75-54-15-14-49-45(5)53(70)39-56-59(49)60(54)50-42-79-57(62(50)74-56)38-52-51(66(79)84)43-97-67(85)69(52,87)7-2/h10-13,16,19,38-39,41,44,54-55,61,87H,6-9,14-15,17-18,20-37,40,42-43H2,1-5H3,(H,73,82)(H,75,81)(H,76,83)(H,77,80)(H3,71,72,86)/t54-,55-,61-,69-/m0/s1. The Balaban J connectivity index is 0.740. The van der Waals surface area contributed by atoms with Gasteiger partial charge in [0.25, 0.3) is 11.5 Å². The van der Waals surface area contributed by atoms with Crippen LogP contribution in [-0.2, 0) is 98.3 Å². The van der Waals surface area contributed by atoms with E-state index in [0.29, 0.717) is 157 Å². The summed E-state index contributed by atoms with van der Waals surface area (Å²) in [5.74, 6) is -3.51. The molecule has 97 heavy (non-hydrogen) atoms. The number of pyridine rings is 2. The summed E-state index contributed by atoms with van der Waals surface area (Å²) in [7, 11) is 0. The summed E-state index contributed by atoms with van der Waals surface area (Å²) in [6.07, 6.45) is 5.73. The van der Waals surface area contributed by atoms with Gasteiger partial charge in [-0.1, -0.05) is 39.8 Å². The molecule has 3 aliphatic rings. The highest BCUT2D eigenvalue weighted by Gasteiger charge is 2.46. The number of carbonyl (C=O) groups is 6. The van der Waals surface area contributed by atoms with Crippen molar-refractivity contribution in [1.29, 1.82) is 0 Å². The molecule has 0 fully saturated rings. The molecule has 0 saturated heterocycles. The Hall–Kier alpha value is -7.77. The summed E-state index contributed by atoms with van der Waals surface area (Å²) in [4.78, 5) is 98.3. The lowest BCUT2D eigenvalue weighted by Crippen LogP contribution is -2.54. The minimum absolute atomic E-state index is 0.0277. The number of esters is 1. The maximum atomic E-state index is 15.6. The minimum Gasteiger partial charge on any atom is -0.458 e. The normalized spacial score (nSPS) is 15.9. The molecular formula is C69H94FN9O18. The summed E-state index contributed by atoms with van der Waals surface area (Å²) >= 11 is 0. The van der Waals surface area contributed by atoms with Gasteiger partial charge in [0.1, 0.15) is 24.5 Å². The van der Waals surface area contributed by atoms with Crippen LogP contribution in [0, 0.1) is 18.7 Å². The molecule has 3 aromatic heterocycles. The molecule has 530 valence electrons. The number of fused-ring (bicyclic) bond motifs is 5. The highest BCUT2D eigenvalue weighted by Crippen LogP contribution is 2.46. The lowest BCUT2D eigenvalue weighted by Gasteiger charge is -2.31. The summed E-state index contributed by atoms with van der Waals surface area (Å²) in [6, 6.07) is 8.38. The Bertz CT molecular complexity index is 3530. The number of anilines is 1. The topological polar surface area (TPSA) is 341 Å². The van der Waals surface area contributed by atoms with Crippen LogP contribution in [0.3, 0.4) is 0 Å². The van der Waals surface area contributed by atoms with Crippen LogP contribution in [0.2, 0.25) is 0 Å². The molecule has 8 N–H and O–H groups in total. The number of nitrogens with one attached hydrogen (secondary N) is 5. The lowest BCUT2D eigenvalue weighted by molar-refractivity contribution is -0.172. The van der Waals surface area contributed by atoms with Gasteiger partial charge >= 0.3 is 12.0 Å². The number of hydrogen-bond acceptors (Lipinski definition) is 19. The zero-order chi connectivity index (χ0) is 69.3. The second-order valence-electron chi connectivity index (χ2n) is 24.2. The molecule has 8 rings (SSSR count). The van der Waals surface area contributed by atoms with E-state index in [1.807, 2.05) is 16.7 Å². The maximum absolute atomic E-state index is 15.6. The first-order valence-electron chi connectivity index (χ1n) is 33.4. The van der Waals surface area contributed by atoms with Crippen molar-refractivity contribution >= 4 is 52.2 Å². The largest absolute Gasteiger partial charge is 0.458 e. The first-order valence-corrected chi connectivity index (χ1v) is 33.4. The van der Waals surface area contributed by atoms with Crippen molar-refractivity contribution in [3.8, 4) is 11.4 Å². The number of aliphatic hydroxyl groups is 1. The Morgan fingerprint density at radius 3 is 1.92 bits per heavy atom. The monoisotopic (exact) mass is 1360 g/mol. The number of aryl methyl sites for hydroxylation is 1. The molecule has 0 spiro atoms. The third kappa shape index (κ3) is 20.9. The quantitative estimate of drug-likeness (QED) is 0.0200. The van der Waals surface area contributed by atoms with Gasteiger partial charge in [0.2, 0.25) is 17.7 Å². The van der Waals surface area contributed by atoms with E-state index in [9.17, 15) is 38.7 Å². The van der Waals surface area contributed by atoms with Crippen LogP contribution in [0.15, 0.2) is 59.7 Å². The number of primary amides is 1. The molecular weight excluding hydrogens is 1260 g/mol. The van der Waals surface area contributed by atoms with Gasteiger partial charge in [0.05, 0.1) is 153 Å². The molecule has 5 heterocycles. The molecule has 4 atom stereocenters. The number of cyclic esters (lactones) is 1. The number of nitrogens with zero attached hydrogens (tertiary/aromatic N) is 3. The highest BCUT2D eigenvalue weighted by atomic mass is 19.1. The van der Waals surface area contributed by atoms with Gasteiger partial charge in [-0.05, 0) is 97.9 Å². The fourth-order valence-electron chi connectivity index (χ4n) is 11.7. The Labute approximate surface area is 563 Å². The summed E-state index contributed by atoms with van der Waals surface area (Å²) in [5.41, 5.74) is 8.58. The minimum atomic E-state index is -2.03. The number of benzene rings is 2. The SMILES string of the molecule is CCCOCCOCCOCCOCCOCCOCCOCCOCCOCCC(=O)N[C@H](C(=O)N[C@@H](CCCNC(N)=O)C(=O)Nc1ccc(Cn2ccc(C(=O)N[C@H]3CCc4c(C)c(F)cc5nc6c(c3c45)Cn3c-6cc4c(c3=O)COC(=O)[C@]4(O)CC)c2)cc1)C(C)C. The molecule has 2 aliphatic heterocycles. The summed E-state index contributed by atoms with van der Waals surface area (Å²) < 4.78 is 73.7. The molecule has 0 unspecified atom stereocenters. The Morgan fingerprint density at radius 2 is 1.35 bits per heavy atom. The number of aromatic nitrogens is 3. The van der Waals surface area contributed by atoms with Crippen LogP contribution in [0.1, 0.15) is 122 Å². The predicted molar refractivity (Wildman–Crippen MR) is 354 cm³/mol. The van der Waals surface area contributed by atoms with Crippen LogP contribution in [0.5, 0.6) is 0 Å². The molecule has 6 amide bonds. The number of urea groups is 1. The van der Waals surface area contributed by atoms with Gasteiger partial charge in [0.15, 0.2) is 5.60 Å². The summed E-state index contributed by atoms with van der Waals surface area (Å²) in [6.45, 7) is 17.1. The molecule has 27 nitrogen and oxygen atoms in total. The molecule has 28 heteroatoms. The van der Waals surface area contributed by atoms with Crippen LogP contribution in [0.4, 0.5) is 14.9 Å². The van der Waals surface area contributed by atoms with E-state index in [0.717, 1.165) is 29.7 Å². The smallest absolute Gasteiger partial charge is 0.343 e. The van der Waals surface area contributed by atoms with Gasteiger partial charge in [-0.2, -0.15) is 0 Å². The van der Waals surface area contributed by atoms with Crippen LogP contribution >= 0.6 is 0 Å². The molecule has 2 aromatic carbocycles. The van der Waals surface area contributed by atoms with E-state index in [4.69, 9.17) is 58.1 Å². The van der Waals surface area contributed by atoms with Gasteiger partial charge in [-0.25, -0.2) is 19.0 Å². The van der Waals surface area contributed by atoms with Crippen molar-refractivity contribution in [2.75, 3.05) is 131 Å². The third-order valence-corrected chi connectivity index (χ3v) is 16.9. The maximum Gasteiger partial charge on any atom is 0.343 e. The molecule has 5 aromatic rings. The molecule has 0 radical (unpaired) electrons. The van der Waals surface area contributed by atoms with E-state index in [2.05, 4.69) is 33.5 Å². The lowest BCUT2D eigenvalue weighted by atomic mass is 9.81. The van der Waals surface area contributed by atoms with Crippen molar-refractivity contribution in [2.45, 2.75) is 123 Å². The van der Waals surface area contributed by atoms with Crippen molar-refractivity contribution in [2.24, 2.45) is 11.7 Å². The number of halogens is 1. The molecule has 0 saturated carbocycles.